The van der Waals surface area contributed by atoms with Crippen molar-refractivity contribution in [3.05, 3.63) is 64.9 Å². The number of benzene rings is 2. The average Bonchev–Trinajstić information content (AvgIpc) is 2.74. The molecule has 3 aromatic rings. The summed E-state index contributed by atoms with van der Waals surface area (Å²) < 4.78 is 4.81. The van der Waals surface area contributed by atoms with E-state index in [9.17, 15) is 14.8 Å². The monoisotopic (exact) mass is 412 g/mol. The molecule has 0 saturated carbocycles. The Kier molecular flexibility index (Phi) is 6.04. The number of methoxy groups -OCH3 is 1. The van der Waals surface area contributed by atoms with Crippen molar-refractivity contribution in [1.29, 1.82) is 0 Å². The van der Waals surface area contributed by atoms with Crippen LogP contribution in [0.25, 0.3) is 11.0 Å². The third-order valence-corrected chi connectivity index (χ3v) is 4.74. The summed E-state index contributed by atoms with van der Waals surface area (Å²) in [7, 11) is 1.16. The van der Waals surface area contributed by atoms with Gasteiger partial charge < -0.3 is 15.3 Å². The molecule has 0 aliphatic carbocycles. The molecule has 148 valence electrons. The van der Waals surface area contributed by atoms with E-state index in [1.807, 2.05) is 0 Å². The first kappa shape index (κ1) is 20.2. The molecule has 0 spiro atoms. The van der Waals surface area contributed by atoms with E-state index in [4.69, 9.17) is 16.3 Å². The van der Waals surface area contributed by atoms with Crippen molar-refractivity contribution in [2.45, 2.75) is 12.8 Å². The number of nitrogens with zero attached hydrogens (tertiary/aromatic N) is 3. The van der Waals surface area contributed by atoms with Crippen LogP contribution in [0.15, 0.2) is 53.8 Å². The Morgan fingerprint density at radius 1 is 1.17 bits per heavy atom. The van der Waals surface area contributed by atoms with E-state index in [0.29, 0.717) is 27.3 Å². The molecule has 2 aromatic carbocycles. The third-order valence-electron chi connectivity index (χ3n) is 4.33. The van der Waals surface area contributed by atoms with Gasteiger partial charge in [-0.25, -0.2) is 4.98 Å². The zero-order valence-corrected chi connectivity index (χ0v) is 16.3. The Balaban J connectivity index is 2.00. The third kappa shape index (κ3) is 4.17. The highest BCUT2D eigenvalue weighted by Gasteiger charge is 2.35. The Morgan fingerprint density at radius 3 is 2.59 bits per heavy atom. The van der Waals surface area contributed by atoms with Crippen LogP contribution in [0.2, 0.25) is 5.02 Å². The minimum atomic E-state index is -1.37. The zero-order valence-electron chi connectivity index (χ0n) is 15.6. The van der Waals surface area contributed by atoms with Gasteiger partial charge in [0.25, 0.3) is 5.91 Å². The molecule has 0 aliphatic rings. The molecule has 9 heteroatoms. The Morgan fingerprint density at radius 2 is 1.90 bits per heavy atom. The number of amides is 1. The van der Waals surface area contributed by atoms with Crippen molar-refractivity contribution >= 4 is 45.9 Å². The summed E-state index contributed by atoms with van der Waals surface area (Å²) in [5, 5.41) is 15.7. The van der Waals surface area contributed by atoms with Crippen LogP contribution in [0.3, 0.4) is 0 Å². The first-order chi connectivity index (χ1) is 14.0. The minimum absolute atomic E-state index is 0.112. The van der Waals surface area contributed by atoms with E-state index in [1.165, 1.54) is 6.20 Å². The second-order valence-corrected chi connectivity index (χ2v) is 6.50. The lowest BCUT2D eigenvalue weighted by Crippen LogP contribution is -2.34. The van der Waals surface area contributed by atoms with Crippen LogP contribution >= 0.6 is 11.6 Å². The van der Waals surface area contributed by atoms with Crippen LogP contribution in [0, 0.1) is 6.92 Å². The van der Waals surface area contributed by atoms with Gasteiger partial charge in [-0.15, -0.1) is 0 Å². The number of para-hydroxylation sites is 2. The number of carbonyl (C=O) groups excluding carboxylic acids is 2. The van der Waals surface area contributed by atoms with Crippen molar-refractivity contribution in [2.75, 3.05) is 12.4 Å². The molecule has 0 bridgehead atoms. The van der Waals surface area contributed by atoms with Crippen molar-refractivity contribution in [2.24, 2.45) is 5.16 Å². The zero-order chi connectivity index (χ0) is 21.0. The number of oxime groups is 1. The fourth-order valence-corrected chi connectivity index (χ4v) is 2.94. The number of anilines is 1. The van der Waals surface area contributed by atoms with Gasteiger partial charge in [-0.3, -0.25) is 14.6 Å². The fraction of sp³-hybridized carbons (Fsp3) is 0.150. The summed E-state index contributed by atoms with van der Waals surface area (Å²) >= 11 is 6.07. The summed E-state index contributed by atoms with van der Waals surface area (Å²) in [6.45, 7) is 1.72. The SMILES string of the molecule is COC(=O)C(C(=NO)C(=O)Nc1cccc(Cl)c1C)c1cnc2ccccc2n1. The molecule has 0 saturated heterocycles. The van der Waals surface area contributed by atoms with E-state index in [-0.39, 0.29) is 5.69 Å². The van der Waals surface area contributed by atoms with Crippen molar-refractivity contribution in [1.82, 2.24) is 9.97 Å². The van der Waals surface area contributed by atoms with Crippen molar-refractivity contribution in [3.8, 4) is 0 Å². The highest BCUT2D eigenvalue weighted by atomic mass is 35.5. The van der Waals surface area contributed by atoms with E-state index in [1.54, 1.807) is 49.4 Å². The lowest BCUT2D eigenvalue weighted by Gasteiger charge is -2.16. The Hall–Kier alpha value is -3.52. The molecule has 29 heavy (non-hydrogen) atoms. The molecule has 1 unspecified atom stereocenters. The van der Waals surface area contributed by atoms with Crippen LogP contribution in [-0.4, -0.2) is 39.9 Å². The molecule has 1 atom stereocenters. The maximum Gasteiger partial charge on any atom is 0.321 e. The van der Waals surface area contributed by atoms with Crippen LogP contribution in [0.5, 0.6) is 0 Å². The number of halogens is 1. The van der Waals surface area contributed by atoms with Crippen LogP contribution in [0.1, 0.15) is 17.2 Å². The van der Waals surface area contributed by atoms with E-state index in [0.717, 1.165) is 7.11 Å². The molecular weight excluding hydrogens is 396 g/mol. The smallest absolute Gasteiger partial charge is 0.321 e. The van der Waals surface area contributed by atoms with Gasteiger partial charge >= 0.3 is 5.97 Å². The van der Waals surface area contributed by atoms with Gasteiger partial charge in [0.15, 0.2) is 11.6 Å². The highest BCUT2D eigenvalue weighted by Crippen LogP contribution is 2.25. The van der Waals surface area contributed by atoms with Gasteiger partial charge in [0.2, 0.25) is 0 Å². The van der Waals surface area contributed by atoms with Crippen LogP contribution < -0.4 is 5.32 Å². The van der Waals surface area contributed by atoms with E-state index >= 15 is 0 Å². The largest absolute Gasteiger partial charge is 0.468 e. The predicted octanol–water partition coefficient (Wildman–Crippen LogP) is 3.32. The number of nitrogens with one attached hydrogen (secondary N) is 1. The number of ether oxygens (including phenoxy) is 1. The summed E-state index contributed by atoms with van der Waals surface area (Å²) in [6, 6.07) is 12.0. The molecule has 2 N–H and O–H groups in total. The van der Waals surface area contributed by atoms with Gasteiger partial charge in [0.1, 0.15) is 0 Å². The number of fused-ring (bicyclic) bond motifs is 1. The standard InChI is InChI=1S/C20H17ClN4O4/c1-11-12(21)6-5-9-13(11)24-19(26)18(25-28)17(20(27)29-2)16-10-22-14-7-3-4-8-15(14)23-16/h3-10,17,28H,1-2H3,(H,24,26). The molecule has 0 radical (unpaired) electrons. The van der Waals surface area contributed by atoms with E-state index < -0.39 is 23.5 Å². The maximum absolute atomic E-state index is 12.8. The fourth-order valence-electron chi connectivity index (χ4n) is 2.76. The highest BCUT2D eigenvalue weighted by molar-refractivity contribution is 6.47. The number of carbonyl (C=O) groups is 2. The van der Waals surface area contributed by atoms with Crippen molar-refractivity contribution < 1.29 is 19.5 Å². The molecule has 1 heterocycles. The van der Waals surface area contributed by atoms with Gasteiger partial charge in [-0.05, 0) is 36.8 Å². The Labute approximate surface area is 171 Å². The molecular formula is C20H17ClN4O4. The molecule has 1 amide bonds. The number of esters is 1. The number of hydrogen-bond donors (Lipinski definition) is 2. The van der Waals surface area contributed by atoms with E-state index in [2.05, 4.69) is 20.4 Å². The van der Waals surface area contributed by atoms with Gasteiger partial charge in [-0.1, -0.05) is 35.0 Å². The lowest BCUT2D eigenvalue weighted by molar-refractivity contribution is -0.141. The summed E-state index contributed by atoms with van der Waals surface area (Å²) in [5.74, 6) is -3.00. The van der Waals surface area contributed by atoms with Crippen LogP contribution in [-0.2, 0) is 14.3 Å². The molecule has 0 fully saturated rings. The minimum Gasteiger partial charge on any atom is -0.468 e. The second-order valence-electron chi connectivity index (χ2n) is 6.09. The molecule has 1 aromatic heterocycles. The quantitative estimate of drug-likeness (QED) is 0.287. The summed E-state index contributed by atoms with van der Waals surface area (Å²) in [4.78, 5) is 33.9. The maximum atomic E-state index is 12.8. The normalized spacial score (nSPS) is 12.4. The summed E-state index contributed by atoms with van der Waals surface area (Å²) in [6.07, 6.45) is 1.34. The average molecular weight is 413 g/mol. The number of rotatable bonds is 5. The molecule has 0 aliphatic heterocycles. The summed E-state index contributed by atoms with van der Waals surface area (Å²) in [5.41, 5.74) is 1.79. The van der Waals surface area contributed by atoms with Gasteiger partial charge in [0, 0.05) is 10.7 Å². The molecule has 8 nitrogen and oxygen atoms in total. The first-order valence-corrected chi connectivity index (χ1v) is 8.92. The number of hydrogen-bond acceptors (Lipinski definition) is 7. The topological polar surface area (TPSA) is 114 Å². The molecule has 3 rings (SSSR count). The van der Waals surface area contributed by atoms with Crippen molar-refractivity contribution in [3.63, 3.8) is 0 Å². The Bertz CT molecular complexity index is 1120. The van der Waals surface area contributed by atoms with Gasteiger partial charge in [-0.2, -0.15) is 0 Å². The first-order valence-electron chi connectivity index (χ1n) is 8.54. The van der Waals surface area contributed by atoms with Gasteiger partial charge in [0.05, 0.1) is 30.0 Å². The van der Waals surface area contributed by atoms with Crippen LogP contribution in [0.4, 0.5) is 5.69 Å². The number of aromatic nitrogens is 2. The predicted molar refractivity (Wildman–Crippen MR) is 108 cm³/mol. The lowest BCUT2D eigenvalue weighted by atomic mass is 9.98. The second kappa shape index (κ2) is 8.66.